The number of piperidine rings is 4. The molecule has 4 fully saturated rings. The third kappa shape index (κ3) is 33.2. The number of aromatic hydroxyl groups is 3. The number of carbonyl (C=O) groups excluding carboxylic acids is 3. The molecule has 0 atom stereocenters. The molecule has 8 aromatic carbocycles. The van der Waals surface area contributed by atoms with Crippen LogP contribution in [0.25, 0.3) is 0 Å². The van der Waals surface area contributed by atoms with Crippen molar-refractivity contribution >= 4 is 40.3 Å². The first kappa shape index (κ1) is 86.4. The zero-order chi connectivity index (χ0) is 77.6. The Morgan fingerprint density at radius 3 is 1.14 bits per heavy atom. The lowest BCUT2D eigenvalue weighted by atomic mass is 10.0. The Balaban J connectivity index is 0.000000186. The van der Waals surface area contributed by atoms with E-state index in [1.807, 2.05) is 78.2 Å². The van der Waals surface area contributed by atoms with Gasteiger partial charge in [-0.05, 0) is 171 Å². The Kier molecular flexibility index (Phi) is 39.8. The standard InChI is InChI=1S/C31H46N2O6.C22H28N2O2.C19H24N2O.C13H17NO.C6H7NO/c1-3-31(34)33(29-14-17-32(18-15-29)16-13-27-7-5-4-6-8-27)28-9-11-30(12-10-28)39-26-25-38-24-23-37-22-21-36-20-19-35-2;1-2-22(26)24(19-8-10-21(25)11-9-19)20-13-16-23(17-14-20)15-12-18-6-4-3-5-7-18;22-19-8-6-17(7-9-19)20-18-11-14-21(15-12-18)13-10-16-4-2-1-3-5-16;15-13-7-10-14(11-8-13)9-6-12-4-2-1-3-5-12;7-5-2-1-3-6(8)4-5/h4-12,29H,3,13-26H2,1-2H3;3-11,20,25H,2,12-17H2,1H3;1-9,18,20,22H,10-15H2;1-5H,6-11H2;1-4,8H,7H2. The Hall–Kier alpha value is -9.15. The average molecular weight is 1500 g/mol. The summed E-state index contributed by atoms with van der Waals surface area (Å²) in [5.41, 5.74) is 14.4. The Morgan fingerprint density at radius 2 is 0.773 bits per heavy atom. The Morgan fingerprint density at radius 1 is 0.418 bits per heavy atom. The predicted octanol–water partition coefficient (Wildman–Crippen LogP) is 14.4. The molecule has 4 aliphatic rings. The van der Waals surface area contributed by atoms with Crippen molar-refractivity contribution in [1.82, 2.24) is 19.6 Å². The number of nitrogens with two attached hydrogens (primary N) is 1. The number of amides is 2. The van der Waals surface area contributed by atoms with Crippen LogP contribution >= 0.6 is 0 Å². The summed E-state index contributed by atoms with van der Waals surface area (Å²) in [6.07, 6.45) is 13.1. The molecule has 0 radical (unpaired) electrons. The molecule has 19 nitrogen and oxygen atoms in total. The molecule has 0 saturated carbocycles. The van der Waals surface area contributed by atoms with E-state index in [2.05, 4.69) is 140 Å². The molecular weight excluding hydrogens is 1380 g/mol. The van der Waals surface area contributed by atoms with Crippen molar-refractivity contribution < 1.29 is 53.4 Å². The highest BCUT2D eigenvalue weighted by molar-refractivity contribution is 5.94. The van der Waals surface area contributed by atoms with Crippen LogP contribution < -0.4 is 25.6 Å². The molecule has 4 heterocycles. The van der Waals surface area contributed by atoms with E-state index in [0.717, 1.165) is 166 Å². The first-order valence-corrected chi connectivity index (χ1v) is 39.9. The van der Waals surface area contributed by atoms with Gasteiger partial charge in [0.15, 0.2) is 0 Å². The van der Waals surface area contributed by atoms with Crippen molar-refractivity contribution in [3.05, 3.63) is 241 Å². The van der Waals surface area contributed by atoms with Crippen molar-refractivity contribution in [3.63, 3.8) is 0 Å². The van der Waals surface area contributed by atoms with E-state index in [-0.39, 0.29) is 35.4 Å². The highest BCUT2D eigenvalue weighted by atomic mass is 16.6. The number of hydrogen-bond donors (Lipinski definition) is 5. The monoisotopic (exact) mass is 1500 g/mol. The molecule has 110 heavy (non-hydrogen) atoms. The molecule has 2 amide bonds. The molecule has 0 bridgehead atoms. The van der Waals surface area contributed by atoms with Gasteiger partial charge in [-0.25, -0.2) is 0 Å². The minimum atomic E-state index is 0.151. The maximum absolute atomic E-state index is 12.9. The maximum atomic E-state index is 12.9. The molecule has 0 unspecified atom stereocenters. The van der Waals surface area contributed by atoms with Crippen LogP contribution in [-0.4, -0.2) is 209 Å². The molecule has 4 aliphatic heterocycles. The zero-order valence-corrected chi connectivity index (χ0v) is 65.4. The summed E-state index contributed by atoms with van der Waals surface area (Å²) in [4.78, 5) is 50.4. The van der Waals surface area contributed by atoms with Crippen molar-refractivity contribution in [2.45, 2.75) is 122 Å². The zero-order valence-electron chi connectivity index (χ0n) is 65.4. The molecule has 19 heteroatoms. The lowest BCUT2D eigenvalue weighted by Gasteiger charge is -2.38. The maximum Gasteiger partial charge on any atom is 0.226 e. The number of rotatable bonds is 33. The molecule has 6 N–H and O–H groups in total. The first-order valence-electron chi connectivity index (χ1n) is 39.9. The van der Waals surface area contributed by atoms with E-state index in [9.17, 15) is 24.6 Å². The quantitative estimate of drug-likeness (QED) is 0.0147. The molecule has 592 valence electrons. The summed E-state index contributed by atoms with van der Waals surface area (Å²) in [5, 5.41) is 31.1. The number of ketones is 1. The van der Waals surface area contributed by atoms with Crippen molar-refractivity contribution in [2.75, 3.05) is 159 Å². The fraction of sp³-hybridized carbons (Fsp3) is 0.440. The van der Waals surface area contributed by atoms with Crippen molar-refractivity contribution in [3.8, 4) is 23.0 Å². The number of phenols is 3. The van der Waals surface area contributed by atoms with E-state index < -0.39 is 0 Å². The highest BCUT2D eigenvalue weighted by Gasteiger charge is 2.30. The summed E-state index contributed by atoms with van der Waals surface area (Å²) in [7, 11) is 1.65. The van der Waals surface area contributed by atoms with Gasteiger partial charge in [0, 0.05) is 158 Å². The second-order valence-electron chi connectivity index (χ2n) is 28.3. The van der Waals surface area contributed by atoms with Crippen molar-refractivity contribution in [2.24, 2.45) is 0 Å². The molecule has 0 aliphatic carbocycles. The van der Waals surface area contributed by atoms with Crippen LogP contribution in [0.1, 0.15) is 100 Å². The third-order valence-corrected chi connectivity index (χ3v) is 20.2. The molecule has 4 saturated heterocycles. The van der Waals surface area contributed by atoms with Crippen LogP contribution in [0, 0.1) is 0 Å². The van der Waals surface area contributed by atoms with Gasteiger partial charge in [0.05, 0.1) is 46.2 Å². The number of benzene rings is 8. The summed E-state index contributed by atoms with van der Waals surface area (Å²) < 4.78 is 27.1. The molecule has 8 aromatic rings. The van der Waals surface area contributed by atoms with Gasteiger partial charge in [-0.1, -0.05) is 141 Å². The summed E-state index contributed by atoms with van der Waals surface area (Å²) >= 11 is 0. The van der Waals surface area contributed by atoms with E-state index in [4.69, 9.17) is 34.5 Å². The number of phenolic OH excluding ortho intramolecular Hbond substituents is 3. The second-order valence-corrected chi connectivity index (χ2v) is 28.3. The van der Waals surface area contributed by atoms with Gasteiger partial charge in [-0.15, -0.1) is 0 Å². The Bertz CT molecular complexity index is 3720. The van der Waals surface area contributed by atoms with Crippen molar-refractivity contribution in [1.29, 1.82) is 0 Å². The minimum absolute atomic E-state index is 0.151. The number of nitrogen functional groups attached to an aromatic ring is 1. The lowest BCUT2D eigenvalue weighted by molar-refractivity contribution is -0.121. The fourth-order valence-corrected chi connectivity index (χ4v) is 13.9. The highest BCUT2D eigenvalue weighted by Crippen LogP contribution is 2.30. The normalized spacial score (nSPS) is 15.2. The number of nitrogens with one attached hydrogen (secondary N) is 1. The molecule has 12 rings (SSSR count). The number of Topliss-reactive ketones (excluding diaryl/α,β-unsaturated/α-hetero) is 1. The van der Waals surface area contributed by atoms with Gasteiger partial charge in [0.25, 0.3) is 0 Å². The molecular formula is C91H122N8O11. The minimum Gasteiger partial charge on any atom is -0.508 e. The van der Waals surface area contributed by atoms with E-state index in [1.165, 1.54) is 41.2 Å². The topological polar surface area (TPSA) is 216 Å². The number of ether oxygens (including phenoxy) is 5. The van der Waals surface area contributed by atoms with Gasteiger partial charge < -0.3 is 79.5 Å². The third-order valence-electron chi connectivity index (χ3n) is 20.2. The lowest BCUT2D eigenvalue weighted by Crippen LogP contribution is -2.47. The van der Waals surface area contributed by atoms with Crippen LogP contribution in [0.15, 0.2) is 218 Å². The van der Waals surface area contributed by atoms with Gasteiger partial charge in [0.1, 0.15) is 35.4 Å². The number of hydrogen-bond acceptors (Lipinski definition) is 17. The van der Waals surface area contributed by atoms with E-state index in [0.29, 0.717) is 89.0 Å². The first-order chi connectivity index (χ1) is 53.8. The number of carbonyl (C=O) groups is 3. The predicted molar refractivity (Wildman–Crippen MR) is 444 cm³/mol. The van der Waals surface area contributed by atoms with Gasteiger partial charge >= 0.3 is 0 Å². The van der Waals surface area contributed by atoms with Crippen LogP contribution in [-0.2, 0) is 59.0 Å². The number of anilines is 4. The van der Waals surface area contributed by atoms with Crippen LogP contribution in [0.5, 0.6) is 23.0 Å². The van der Waals surface area contributed by atoms with Crippen LogP contribution in [0.4, 0.5) is 22.7 Å². The summed E-state index contributed by atoms with van der Waals surface area (Å²) in [6.45, 7) is 20.7. The average Bonchev–Trinajstić information content (AvgIpc) is 0.827. The second kappa shape index (κ2) is 50.6. The van der Waals surface area contributed by atoms with Gasteiger partial charge in [-0.2, -0.15) is 0 Å². The summed E-state index contributed by atoms with van der Waals surface area (Å²) in [6, 6.07) is 72.2. The van der Waals surface area contributed by atoms with E-state index >= 15 is 0 Å². The molecule has 0 spiro atoms. The van der Waals surface area contributed by atoms with E-state index in [1.54, 1.807) is 49.6 Å². The number of likely N-dealkylation sites (tertiary alicyclic amines) is 4. The number of methoxy groups -OCH3 is 1. The fourth-order valence-electron chi connectivity index (χ4n) is 13.9. The van der Waals surface area contributed by atoms with Gasteiger partial charge in [-0.3, -0.25) is 14.4 Å². The summed E-state index contributed by atoms with van der Waals surface area (Å²) in [5.74, 6) is 2.28. The van der Waals surface area contributed by atoms with Gasteiger partial charge in [0.2, 0.25) is 11.8 Å². The number of nitrogens with zero attached hydrogens (tertiary/aromatic N) is 6. The largest absolute Gasteiger partial charge is 0.508 e. The van der Waals surface area contributed by atoms with Crippen LogP contribution in [0.2, 0.25) is 0 Å². The SMILES string of the molecule is CCC(=O)N(c1ccc(O)cc1)C1CCN(CCc2ccccc2)CC1.CCC(=O)N(c1ccc(OCCOCCOCCOCCOC)cc1)C1CCN(CCc2ccccc2)CC1.Nc1cccc(O)c1.O=C1CCN(CCc2ccccc2)CC1.Oc1ccc(NC2CCN(CCc3ccccc3)CC2)cc1. The van der Waals surface area contributed by atoms with Crippen LogP contribution in [0.3, 0.4) is 0 Å². The smallest absolute Gasteiger partial charge is 0.226 e. The Labute approximate surface area is 654 Å². The molecule has 0 aromatic heterocycles.